The van der Waals surface area contributed by atoms with Gasteiger partial charge in [-0.3, -0.25) is 4.79 Å². The molecule has 0 fully saturated rings. The number of carbonyl (C=O) groups excluding carboxylic acids is 1. The zero-order valence-electron chi connectivity index (χ0n) is 13.1. The standard InChI is InChI=1S/C12H15N3O.C4H4O4/c1-8(16)15-10-2-3-12-11(6-10)9(4-5-13)7-14-12;5-3(6)1-2-4(7)8/h2-3,6-7,14H,4-5,13H2,1H3,(H,15,16);1-2H,(H,5,6)(H,7,8)/b;2-1+. The summed E-state index contributed by atoms with van der Waals surface area (Å²) in [5, 5.41) is 19.5. The lowest BCUT2D eigenvalue weighted by atomic mass is 10.1. The van der Waals surface area contributed by atoms with Crippen LogP contribution >= 0.6 is 0 Å². The molecule has 2 rings (SSSR count). The first-order valence-corrected chi connectivity index (χ1v) is 7.05. The Morgan fingerprint density at radius 1 is 1.21 bits per heavy atom. The fourth-order valence-electron chi connectivity index (χ4n) is 1.96. The second kappa shape index (κ2) is 9.11. The molecule has 0 unspecified atom stereocenters. The van der Waals surface area contributed by atoms with E-state index in [-0.39, 0.29) is 5.91 Å². The molecule has 0 saturated carbocycles. The molecule has 0 aliphatic heterocycles. The number of H-pyrrole nitrogens is 1. The number of aromatic nitrogens is 1. The fourth-order valence-corrected chi connectivity index (χ4v) is 1.96. The number of benzene rings is 1. The third kappa shape index (κ3) is 6.32. The predicted octanol–water partition coefficient (Wildman–Crippen LogP) is 1.34. The van der Waals surface area contributed by atoms with Gasteiger partial charge in [0, 0.05) is 41.9 Å². The van der Waals surface area contributed by atoms with Crippen LogP contribution < -0.4 is 11.1 Å². The molecule has 0 radical (unpaired) electrons. The summed E-state index contributed by atoms with van der Waals surface area (Å²) in [5.74, 6) is -2.57. The maximum absolute atomic E-state index is 11.0. The monoisotopic (exact) mass is 333 g/mol. The van der Waals surface area contributed by atoms with Crippen LogP contribution in [0.2, 0.25) is 0 Å². The maximum atomic E-state index is 11.0. The topological polar surface area (TPSA) is 146 Å². The van der Waals surface area contributed by atoms with Crippen LogP contribution in [0, 0.1) is 0 Å². The van der Waals surface area contributed by atoms with E-state index < -0.39 is 11.9 Å². The molecule has 1 aromatic heterocycles. The maximum Gasteiger partial charge on any atom is 0.328 e. The van der Waals surface area contributed by atoms with Gasteiger partial charge in [-0.2, -0.15) is 0 Å². The number of hydrogen-bond acceptors (Lipinski definition) is 4. The minimum atomic E-state index is -1.26. The summed E-state index contributed by atoms with van der Waals surface area (Å²) in [4.78, 5) is 33.3. The van der Waals surface area contributed by atoms with Crippen LogP contribution in [-0.4, -0.2) is 39.6 Å². The van der Waals surface area contributed by atoms with Crippen molar-refractivity contribution >= 4 is 34.4 Å². The molecule has 0 saturated heterocycles. The van der Waals surface area contributed by atoms with Gasteiger partial charge < -0.3 is 26.2 Å². The van der Waals surface area contributed by atoms with Gasteiger partial charge in [-0.1, -0.05) is 0 Å². The van der Waals surface area contributed by atoms with Crippen molar-refractivity contribution in [3.8, 4) is 0 Å². The van der Waals surface area contributed by atoms with Crippen LogP contribution in [0.15, 0.2) is 36.5 Å². The van der Waals surface area contributed by atoms with Gasteiger partial charge >= 0.3 is 11.9 Å². The Bertz CT molecular complexity index is 748. The highest BCUT2D eigenvalue weighted by Crippen LogP contribution is 2.22. The Kier molecular flexibility index (Phi) is 7.18. The summed E-state index contributed by atoms with van der Waals surface area (Å²) >= 11 is 0. The summed E-state index contributed by atoms with van der Waals surface area (Å²) in [5.41, 5.74) is 8.62. The molecule has 6 N–H and O–H groups in total. The number of fused-ring (bicyclic) bond motifs is 1. The number of anilines is 1. The molecule has 2 aromatic rings. The number of nitrogens with one attached hydrogen (secondary N) is 2. The van der Waals surface area contributed by atoms with Crippen LogP contribution in [0.4, 0.5) is 5.69 Å². The number of amides is 1. The lowest BCUT2D eigenvalue weighted by Gasteiger charge is -2.02. The number of carboxylic acid groups (broad SMARTS) is 2. The molecule has 8 heteroatoms. The quantitative estimate of drug-likeness (QED) is 0.522. The van der Waals surface area contributed by atoms with Crippen molar-refractivity contribution in [3.63, 3.8) is 0 Å². The molecule has 0 atom stereocenters. The molecule has 0 bridgehead atoms. The van der Waals surface area contributed by atoms with Gasteiger partial charge in [-0.05, 0) is 36.7 Å². The molecule has 0 aliphatic rings. The minimum absolute atomic E-state index is 0.0599. The van der Waals surface area contributed by atoms with Gasteiger partial charge in [-0.15, -0.1) is 0 Å². The van der Waals surface area contributed by atoms with E-state index in [1.165, 1.54) is 12.5 Å². The van der Waals surface area contributed by atoms with Crippen molar-refractivity contribution in [2.24, 2.45) is 5.73 Å². The van der Waals surface area contributed by atoms with Crippen molar-refractivity contribution in [1.29, 1.82) is 0 Å². The molecule has 1 amide bonds. The van der Waals surface area contributed by atoms with Gasteiger partial charge in [0.25, 0.3) is 0 Å². The summed E-state index contributed by atoms with van der Waals surface area (Å²) in [6, 6.07) is 5.81. The molecule has 24 heavy (non-hydrogen) atoms. The Morgan fingerprint density at radius 2 is 1.83 bits per heavy atom. The third-order valence-electron chi connectivity index (χ3n) is 2.87. The Balaban J connectivity index is 0.000000307. The number of hydrogen-bond donors (Lipinski definition) is 5. The van der Waals surface area contributed by atoms with Gasteiger partial charge in [0.05, 0.1) is 0 Å². The molecular formula is C16H19N3O5. The normalized spacial score (nSPS) is 10.2. The van der Waals surface area contributed by atoms with Gasteiger partial charge in [0.15, 0.2) is 0 Å². The van der Waals surface area contributed by atoms with Crippen LogP contribution in [0.5, 0.6) is 0 Å². The summed E-state index contributed by atoms with van der Waals surface area (Å²) in [6.07, 6.45) is 3.92. The SMILES string of the molecule is CC(=O)Nc1ccc2[nH]cc(CCN)c2c1.O=C(O)/C=C/C(=O)O. The van der Waals surface area contributed by atoms with E-state index in [0.29, 0.717) is 18.7 Å². The fraction of sp³-hybridized carbons (Fsp3) is 0.188. The van der Waals surface area contributed by atoms with Crippen LogP contribution in [0.3, 0.4) is 0 Å². The Labute approximate surface area is 138 Å². The van der Waals surface area contributed by atoms with E-state index in [4.69, 9.17) is 15.9 Å². The number of rotatable bonds is 5. The third-order valence-corrected chi connectivity index (χ3v) is 2.87. The summed E-state index contributed by atoms with van der Waals surface area (Å²) in [7, 11) is 0. The van der Waals surface area contributed by atoms with Crippen molar-refractivity contribution < 1.29 is 24.6 Å². The lowest BCUT2D eigenvalue weighted by Crippen LogP contribution is -2.05. The van der Waals surface area contributed by atoms with Crippen molar-refractivity contribution in [1.82, 2.24) is 4.98 Å². The average Bonchev–Trinajstić information content (AvgIpc) is 2.88. The Morgan fingerprint density at radius 3 is 2.33 bits per heavy atom. The van der Waals surface area contributed by atoms with Crippen molar-refractivity contribution in [2.75, 3.05) is 11.9 Å². The van der Waals surface area contributed by atoms with Crippen molar-refractivity contribution in [3.05, 3.63) is 42.1 Å². The molecule has 0 aliphatic carbocycles. The van der Waals surface area contributed by atoms with E-state index in [9.17, 15) is 14.4 Å². The summed E-state index contributed by atoms with van der Waals surface area (Å²) in [6.45, 7) is 2.12. The zero-order valence-corrected chi connectivity index (χ0v) is 13.1. The van der Waals surface area contributed by atoms with E-state index in [1.54, 1.807) is 0 Å². The molecular weight excluding hydrogens is 314 g/mol. The second-order valence-corrected chi connectivity index (χ2v) is 4.80. The predicted molar refractivity (Wildman–Crippen MR) is 89.8 cm³/mol. The van der Waals surface area contributed by atoms with E-state index in [1.807, 2.05) is 24.4 Å². The number of aromatic amines is 1. The number of carbonyl (C=O) groups is 3. The Hall–Kier alpha value is -3.13. The first-order valence-electron chi connectivity index (χ1n) is 7.05. The second-order valence-electron chi connectivity index (χ2n) is 4.80. The van der Waals surface area contributed by atoms with Crippen LogP contribution in [0.1, 0.15) is 12.5 Å². The van der Waals surface area contributed by atoms with Crippen molar-refractivity contribution in [2.45, 2.75) is 13.3 Å². The molecule has 8 nitrogen and oxygen atoms in total. The number of nitrogens with two attached hydrogens (primary N) is 1. The first kappa shape index (κ1) is 18.9. The molecule has 1 heterocycles. The van der Waals surface area contributed by atoms with Gasteiger partial charge in [-0.25, -0.2) is 9.59 Å². The molecule has 128 valence electrons. The van der Waals surface area contributed by atoms with E-state index in [0.717, 1.165) is 23.0 Å². The highest BCUT2D eigenvalue weighted by Gasteiger charge is 2.04. The number of carboxylic acids is 2. The highest BCUT2D eigenvalue weighted by atomic mass is 16.4. The molecule has 0 spiro atoms. The lowest BCUT2D eigenvalue weighted by molar-refractivity contribution is -0.134. The molecule has 1 aromatic carbocycles. The van der Waals surface area contributed by atoms with E-state index in [2.05, 4.69) is 10.3 Å². The zero-order chi connectivity index (χ0) is 18.1. The number of aliphatic carboxylic acids is 2. The van der Waals surface area contributed by atoms with E-state index >= 15 is 0 Å². The van der Waals surface area contributed by atoms with Gasteiger partial charge in [0.2, 0.25) is 5.91 Å². The summed E-state index contributed by atoms with van der Waals surface area (Å²) < 4.78 is 0. The smallest absolute Gasteiger partial charge is 0.328 e. The van der Waals surface area contributed by atoms with Crippen LogP contribution in [-0.2, 0) is 20.8 Å². The highest BCUT2D eigenvalue weighted by molar-refractivity contribution is 5.93. The minimum Gasteiger partial charge on any atom is -0.478 e. The average molecular weight is 333 g/mol. The first-order chi connectivity index (χ1) is 11.3. The largest absolute Gasteiger partial charge is 0.478 e. The van der Waals surface area contributed by atoms with Gasteiger partial charge in [0.1, 0.15) is 0 Å². The van der Waals surface area contributed by atoms with Crippen LogP contribution in [0.25, 0.3) is 10.9 Å².